The lowest BCUT2D eigenvalue weighted by Gasteiger charge is -2.39. The van der Waals surface area contributed by atoms with Crippen LogP contribution in [0.25, 0.3) is 0 Å². The maximum Gasteiger partial charge on any atom is 0.410 e. The molecule has 3 rings (SSSR count). The average molecular weight is 402 g/mol. The first-order chi connectivity index (χ1) is 12.5. The second-order valence-electron chi connectivity index (χ2n) is 7.51. The molecule has 2 atom stereocenters. The van der Waals surface area contributed by atoms with E-state index in [4.69, 9.17) is 11.6 Å². The molecular formula is C17H19ClF3N5O. The molecular weight excluding hydrogens is 383 g/mol. The number of rotatable bonds is 2. The van der Waals surface area contributed by atoms with Crippen molar-refractivity contribution in [2.45, 2.75) is 45.5 Å². The standard InChI is InChI=1S/C17H19ClF3N5O/c1-16(2,3)11-8-12(17(19,20)21)26-13(24-11)7-10(25-26)15(27)23-9-5-4-6-22-14(9)18/h4-7,11-12,24H,8H2,1-3H3,(H,23,27)/t11-,12-/m1/s1. The molecule has 0 unspecified atom stereocenters. The van der Waals surface area contributed by atoms with Crippen LogP contribution in [0.1, 0.15) is 43.7 Å². The normalized spacial score (nSPS) is 20.0. The van der Waals surface area contributed by atoms with Gasteiger partial charge >= 0.3 is 6.18 Å². The highest BCUT2D eigenvalue weighted by Gasteiger charge is 2.48. The Morgan fingerprint density at radius 2 is 2.07 bits per heavy atom. The van der Waals surface area contributed by atoms with E-state index in [9.17, 15) is 18.0 Å². The first-order valence-electron chi connectivity index (χ1n) is 8.31. The minimum atomic E-state index is -4.48. The van der Waals surface area contributed by atoms with Crippen LogP contribution >= 0.6 is 11.6 Å². The molecule has 0 saturated heterocycles. The van der Waals surface area contributed by atoms with E-state index in [-0.39, 0.29) is 28.8 Å². The van der Waals surface area contributed by atoms with E-state index in [2.05, 4.69) is 20.7 Å². The van der Waals surface area contributed by atoms with Crippen molar-refractivity contribution in [2.24, 2.45) is 5.41 Å². The summed E-state index contributed by atoms with van der Waals surface area (Å²) in [5.41, 5.74) is -0.283. The van der Waals surface area contributed by atoms with Crippen LogP contribution in [0, 0.1) is 5.41 Å². The third-order valence-electron chi connectivity index (χ3n) is 4.48. The third kappa shape index (κ3) is 4.02. The van der Waals surface area contributed by atoms with Crippen LogP contribution in [-0.2, 0) is 0 Å². The van der Waals surface area contributed by atoms with Gasteiger partial charge in [0.05, 0.1) is 5.69 Å². The van der Waals surface area contributed by atoms with E-state index in [0.29, 0.717) is 0 Å². The molecule has 0 saturated carbocycles. The number of aromatic nitrogens is 3. The topological polar surface area (TPSA) is 71.8 Å². The predicted octanol–water partition coefficient (Wildman–Crippen LogP) is 4.52. The van der Waals surface area contributed by atoms with Gasteiger partial charge in [-0.25, -0.2) is 9.67 Å². The third-order valence-corrected chi connectivity index (χ3v) is 4.78. The summed E-state index contributed by atoms with van der Waals surface area (Å²) in [5.74, 6) is -0.507. The molecule has 1 aliphatic heterocycles. The number of alkyl halides is 3. The summed E-state index contributed by atoms with van der Waals surface area (Å²) in [6, 6.07) is 2.21. The molecule has 2 N–H and O–H groups in total. The number of carbonyl (C=O) groups excluding carboxylic acids is 1. The van der Waals surface area contributed by atoms with Crippen LogP contribution in [0.2, 0.25) is 5.15 Å². The quantitative estimate of drug-likeness (QED) is 0.726. The van der Waals surface area contributed by atoms with Gasteiger partial charge in [0, 0.05) is 18.3 Å². The number of anilines is 2. The van der Waals surface area contributed by atoms with Gasteiger partial charge in [-0.1, -0.05) is 32.4 Å². The Kier molecular flexibility index (Phi) is 4.83. The van der Waals surface area contributed by atoms with Crippen molar-refractivity contribution >= 4 is 29.0 Å². The molecule has 0 aromatic carbocycles. The molecule has 0 fully saturated rings. The molecule has 0 spiro atoms. The van der Waals surface area contributed by atoms with Crippen molar-refractivity contribution in [2.75, 3.05) is 10.6 Å². The van der Waals surface area contributed by atoms with Crippen molar-refractivity contribution < 1.29 is 18.0 Å². The average Bonchev–Trinajstić information content (AvgIpc) is 2.98. The van der Waals surface area contributed by atoms with Gasteiger partial charge in [-0.3, -0.25) is 4.79 Å². The Morgan fingerprint density at radius 3 is 2.67 bits per heavy atom. The fourth-order valence-corrected chi connectivity index (χ4v) is 3.09. The summed E-state index contributed by atoms with van der Waals surface area (Å²) < 4.78 is 41.6. The largest absolute Gasteiger partial charge is 0.410 e. The number of hydrogen-bond acceptors (Lipinski definition) is 4. The summed E-state index contributed by atoms with van der Waals surface area (Å²) in [6.45, 7) is 5.59. The fourth-order valence-electron chi connectivity index (χ4n) is 2.92. The molecule has 0 radical (unpaired) electrons. The first kappa shape index (κ1) is 19.5. The Hall–Kier alpha value is -2.29. The molecule has 1 amide bonds. The summed E-state index contributed by atoms with van der Waals surface area (Å²) in [6.07, 6.45) is -3.19. The maximum atomic E-state index is 13.6. The van der Waals surface area contributed by atoms with Crippen LogP contribution in [0.3, 0.4) is 0 Å². The fraction of sp³-hybridized carbons (Fsp3) is 0.471. The Balaban J connectivity index is 1.92. The van der Waals surface area contributed by atoms with Gasteiger partial charge in [-0.05, 0) is 24.0 Å². The SMILES string of the molecule is CC(C)(C)[C@H]1C[C@H](C(F)(F)F)n2nc(C(=O)Nc3cccnc3Cl)cc2N1. The molecule has 3 heterocycles. The lowest BCUT2D eigenvalue weighted by molar-refractivity contribution is -0.175. The monoisotopic (exact) mass is 401 g/mol. The Morgan fingerprint density at radius 1 is 1.37 bits per heavy atom. The Bertz CT molecular complexity index is 859. The lowest BCUT2D eigenvalue weighted by Crippen LogP contribution is -2.44. The zero-order valence-corrected chi connectivity index (χ0v) is 15.7. The number of hydrogen-bond donors (Lipinski definition) is 2. The van der Waals surface area contributed by atoms with Crippen LogP contribution < -0.4 is 10.6 Å². The van der Waals surface area contributed by atoms with Crippen LogP contribution in [-0.4, -0.2) is 32.9 Å². The number of fused-ring (bicyclic) bond motifs is 1. The molecule has 27 heavy (non-hydrogen) atoms. The van der Waals surface area contributed by atoms with E-state index in [1.807, 2.05) is 20.8 Å². The summed E-state index contributed by atoms with van der Waals surface area (Å²) in [7, 11) is 0. The van der Waals surface area contributed by atoms with Crippen LogP contribution in [0.15, 0.2) is 24.4 Å². The number of pyridine rings is 1. The van der Waals surface area contributed by atoms with Crippen molar-refractivity contribution in [3.8, 4) is 0 Å². The highest BCUT2D eigenvalue weighted by molar-refractivity contribution is 6.32. The molecule has 0 bridgehead atoms. The van der Waals surface area contributed by atoms with E-state index < -0.39 is 29.6 Å². The highest BCUT2D eigenvalue weighted by Crippen LogP contribution is 2.43. The summed E-state index contributed by atoms with van der Waals surface area (Å²) >= 11 is 5.90. The first-order valence-corrected chi connectivity index (χ1v) is 8.69. The summed E-state index contributed by atoms with van der Waals surface area (Å²) in [4.78, 5) is 16.3. The molecule has 2 aromatic heterocycles. The number of carbonyl (C=O) groups is 1. The van der Waals surface area contributed by atoms with Gasteiger partial charge in [-0.2, -0.15) is 18.3 Å². The van der Waals surface area contributed by atoms with E-state index in [0.717, 1.165) is 4.68 Å². The van der Waals surface area contributed by atoms with Gasteiger partial charge in [0.2, 0.25) is 0 Å². The zero-order valence-electron chi connectivity index (χ0n) is 14.9. The second kappa shape index (κ2) is 6.70. The molecule has 146 valence electrons. The predicted molar refractivity (Wildman–Crippen MR) is 96.0 cm³/mol. The van der Waals surface area contributed by atoms with Crippen molar-refractivity contribution in [1.82, 2.24) is 14.8 Å². The minimum absolute atomic E-state index is 0.0777. The second-order valence-corrected chi connectivity index (χ2v) is 7.87. The minimum Gasteiger partial charge on any atom is -0.367 e. The van der Waals surface area contributed by atoms with E-state index in [1.54, 1.807) is 6.07 Å². The lowest BCUT2D eigenvalue weighted by atomic mass is 9.82. The maximum absolute atomic E-state index is 13.6. The van der Waals surface area contributed by atoms with Gasteiger partial charge in [0.25, 0.3) is 5.91 Å². The van der Waals surface area contributed by atoms with Crippen molar-refractivity contribution in [3.63, 3.8) is 0 Å². The van der Waals surface area contributed by atoms with E-state index >= 15 is 0 Å². The molecule has 6 nitrogen and oxygen atoms in total. The van der Waals surface area contributed by atoms with Crippen LogP contribution in [0.4, 0.5) is 24.7 Å². The molecule has 0 aliphatic carbocycles. The number of halogens is 4. The summed E-state index contributed by atoms with van der Waals surface area (Å²) in [5, 5.41) is 9.56. The number of nitrogens with one attached hydrogen (secondary N) is 2. The Labute approximate surface area is 159 Å². The van der Waals surface area contributed by atoms with Gasteiger partial charge in [0.1, 0.15) is 5.82 Å². The van der Waals surface area contributed by atoms with Gasteiger partial charge in [-0.15, -0.1) is 0 Å². The van der Waals surface area contributed by atoms with Gasteiger partial charge in [0.15, 0.2) is 16.9 Å². The van der Waals surface area contributed by atoms with Gasteiger partial charge < -0.3 is 10.6 Å². The highest BCUT2D eigenvalue weighted by atomic mass is 35.5. The molecule has 1 aliphatic rings. The zero-order chi connectivity index (χ0) is 20.0. The van der Waals surface area contributed by atoms with Crippen molar-refractivity contribution in [3.05, 3.63) is 35.2 Å². The smallest absolute Gasteiger partial charge is 0.367 e. The number of nitrogens with zero attached hydrogens (tertiary/aromatic N) is 3. The van der Waals surface area contributed by atoms with Crippen LogP contribution in [0.5, 0.6) is 0 Å². The van der Waals surface area contributed by atoms with E-state index in [1.165, 1.54) is 18.3 Å². The molecule has 10 heteroatoms. The number of amides is 1. The van der Waals surface area contributed by atoms with Crippen molar-refractivity contribution in [1.29, 1.82) is 0 Å². The molecule has 2 aromatic rings.